The van der Waals surface area contributed by atoms with E-state index in [2.05, 4.69) is 52.0 Å². The maximum absolute atomic E-state index is 9.97. The van der Waals surface area contributed by atoms with Gasteiger partial charge in [0, 0.05) is 23.0 Å². The summed E-state index contributed by atoms with van der Waals surface area (Å²) in [6, 6.07) is 21.8. The summed E-state index contributed by atoms with van der Waals surface area (Å²) >= 11 is 3.21. The Bertz CT molecular complexity index is 1180. The number of benzene rings is 3. The monoisotopic (exact) mass is 491 g/mol. The lowest BCUT2D eigenvalue weighted by atomic mass is 10.2. The number of para-hydroxylation sites is 2. The molecule has 160 valence electrons. The van der Waals surface area contributed by atoms with Crippen LogP contribution in [0.2, 0.25) is 0 Å². The van der Waals surface area contributed by atoms with Gasteiger partial charge in [-0.15, -0.1) is 0 Å². The molecule has 0 bridgehead atoms. The number of halogens is 1. The predicted octanol–water partition coefficient (Wildman–Crippen LogP) is 4.98. The largest absolute Gasteiger partial charge is 0.507 e. The smallest absolute Gasteiger partial charge is 0.250 e. The third-order valence-electron chi connectivity index (χ3n) is 4.16. The number of aromatic hydroxyl groups is 2. The minimum Gasteiger partial charge on any atom is -0.507 e. The molecular weight excluding hydrogens is 474 g/mol. The first-order chi connectivity index (χ1) is 15.6. The quantitative estimate of drug-likeness (QED) is 0.181. The van der Waals surface area contributed by atoms with E-state index in [4.69, 9.17) is 0 Å². The number of hydrogen-bond acceptors (Lipinski definition) is 9. The van der Waals surface area contributed by atoms with Gasteiger partial charge in [0.15, 0.2) is 0 Å². The lowest BCUT2D eigenvalue weighted by molar-refractivity contribution is 0.448. The van der Waals surface area contributed by atoms with Gasteiger partial charge in [0.2, 0.25) is 17.8 Å². The van der Waals surface area contributed by atoms with Crippen LogP contribution in [0.3, 0.4) is 0 Å². The van der Waals surface area contributed by atoms with Crippen LogP contribution in [0.15, 0.2) is 82.4 Å². The highest BCUT2D eigenvalue weighted by Gasteiger charge is 2.08. The normalized spacial score (nSPS) is 10.8. The van der Waals surface area contributed by atoms with Crippen LogP contribution < -0.4 is 16.1 Å². The molecule has 0 saturated carbocycles. The van der Waals surface area contributed by atoms with Gasteiger partial charge in [0.1, 0.15) is 11.5 Å². The van der Waals surface area contributed by atoms with E-state index in [0.717, 1.165) is 11.4 Å². The molecule has 0 fully saturated rings. The molecule has 10 heteroatoms. The second-order valence-electron chi connectivity index (χ2n) is 6.52. The number of aromatic nitrogens is 3. The number of phenols is 2. The van der Waals surface area contributed by atoms with Gasteiger partial charge in [-0.3, -0.25) is 0 Å². The number of hydrogen-bond donors (Lipinski definition) is 5. The summed E-state index contributed by atoms with van der Waals surface area (Å²) in [7, 11) is 0. The zero-order valence-corrected chi connectivity index (χ0v) is 18.2. The van der Waals surface area contributed by atoms with Gasteiger partial charge in [-0.2, -0.15) is 20.1 Å². The zero-order valence-electron chi connectivity index (χ0n) is 16.6. The van der Waals surface area contributed by atoms with E-state index in [-0.39, 0.29) is 17.4 Å². The summed E-state index contributed by atoms with van der Waals surface area (Å²) in [4.78, 5) is 13.1. The Labute approximate surface area is 192 Å². The average Bonchev–Trinajstić information content (AvgIpc) is 2.78. The predicted molar refractivity (Wildman–Crippen MR) is 128 cm³/mol. The fourth-order valence-electron chi connectivity index (χ4n) is 2.67. The van der Waals surface area contributed by atoms with Gasteiger partial charge in [0.05, 0.1) is 10.7 Å². The molecule has 9 nitrogen and oxygen atoms in total. The van der Waals surface area contributed by atoms with Gasteiger partial charge >= 0.3 is 0 Å². The molecular formula is C22H18BrN7O2. The Hall–Kier alpha value is -4.18. The Balaban J connectivity index is 1.59. The highest BCUT2D eigenvalue weighted by atomic mass is 79.9. The van der Waals surface area contributed by atoms with Crippen LogP contribution in [0, 0.1) is 0 Å². The van der Waals surface area contributed by atoms with Gasteiger partial charge in [-0.1, -0.05) is 36.4 Å². The highest BCUT2D eigenvalue weighted by Crippen LogP contribution is 2.30. The molecule has 0 aliphatic carbocycles. The zero-order chi connectivity index (χ0) is 22.3. The number of rotatable bonds is 7. The number of anilines is 5. The molecule has 1 aromatic heterocycles. The van der Waals surface area contributed by atoms with E-state index in [0.29, 0.717) is 21.9 Å². The summed E-state index contributed by atoms with van der Waals surface area (Å²) < 4.78 is 0.431. The van der Waals surface area contributed by atoms with Crippen molar-refractivity contribution < 1.29 is 10.2 Å². The molecule has 0 unspecified atom stereocenters. The summed E-state index contributed by atoms with van der Waals surface area (Å²) in [5.74, 6) is 0.628. The Morgan fingerprint density at radius 1 is 0.719 bits per heavy atom. The van der Waals surface area contributed by atoms with Crippen molar-refractivity contribution in [2.75, 3.05) is 16.1 Å². The lowest BCUT2D eigenvalue weighted by Crippen LogP contribution is -2.07. The molecule has 5 N–H and O–H groups in total. The fraction of sp³-hybridized carbons (Fsp3) is 0. The van der Waals surface area contributed by atoms with Crippen molar-refractivity contribution in [2.45, 2.75) is 0 Å². The lowest BCUT2D eigenvalue weighted by Gasteiger charge is -2.10. The summed E-state index contributed by atoms with van der Waals surface area (Å²) in [5, 5.41) is 30.0. The third-order valence-corrected chi connectivity index (χ3v) is 4.79. The Kier molecular flexibility index (Phi) is 6.42. The van der Waals surface area contributed by atoms with Crippen molar-refractivity contribution in [2.24, 2.45) is 5.10 Å². The van der Waals surface area contributed by atoms with Crippen LogP contribution in [0.1, 0.15) is 5.56 Å². The molecule has 32 heavy (non-hydrogen) atoms. The number of nitrogens with zero attached hydrogens (tertiary/aromatic N) is 4. The van der Waals surface area contributed by atoms with E-state index in [1.807, 2.05) is 60.7 Å². The molecule has 4 aromatic rings. The Morgan fingerprint density at radius 3 is 1.81 bits per heavy atom. The number of hydrazone groups is 1. The standard InChI is InChI=1S/C22H18BrN7O2/c23-17-11-14(18(31)12-19(17)32)13-24-30-22-28-20(25-15-7-3-1-4-8-15)27-21(29-22)26-16-9-5-2-6-10-16/h1-13,31-32H,(H3,25,26,27,28,29,30)/b24-13-. The van der Waals surface area contributed by atoms with E-state index in [1.54, 1.807) is 0 Å². The minimum atomic E-state index is -0.121. The summed E-state index contributed by atoms with van der Waals surface area (Å²) in [6.07, 6.45) is 1.39. The van der Waals surface area contributed by atoms with Crippen molar-refractivity contribution in [3.05, 3.63) is 82.8 Å². The van der Waals surface area contributed by atoms with Crippen LogP contribution in [-0.2, 0) is 0 Å². The number of phenolic OH excluding ortho intramolecular Hbond substituents is 2. The SMILES string of the molecule is Oc1cc(O)c(/C=N\Nc2nc(Nc3ccccc3)nc(Nc3ccccc3)n2)cc1Br. The molecule has 0 aliphatic heterocycles. The average molecular weight is 492 g/mol. The maximum atomic E-state index is 9.97. The molecule has 0 amide bonds. The van der Waals surface area contributed by atoms with Crippen molar-refractivity contribution in [1.29, 1.82) is 0 Å². The number of nitrogens with one attached hydrogen (secondary N) is 3. The first-order valence-corrected chi connectivity index (χ1v) is 10.3. The fourth-order valence-corrected chi connectivity index (χ4v) is 3.03. The molecule has 0 spiro atoms. The van der Waals surface area contributed by atoms with Crippen molar-refractivity contribution >= 4 is 51.4 Å². The maximum Gasteiger partial charge on any atom is 0.250 e. The van der Waals surface area contributed by atoms with E-state index in [1.165, 1.54) is 18.3 Å². The van der Waals surface area contributed by atoms with Crippen LogP contribution in [-0.4, -0.2) is 31.4 Å². The van der Waals surface area contributed by atoms with Gasteiger partial charge in [-0.25, -0.2) is 5.43 Å². The van der Waals surface area contributed by atoms with Gasteiger partial charge in [-0.05, 0) is 46.3 Å². The molecule has 1 heterocycles. The minimum absolute atomic E-state index is 0.0710. The van der Waals surface area contributed by atoms with Crippen LogP contribution in [0.25, 0.3) is 0 Å². The van der Waals surface area contributed by atoms with Crippen LogP contribution in [0.4, 0.5) is 29.2 Å². The molecule has 3 aromatic carbocycles. The van der Waals surface area contributed by atoms with Gasteiger partial charge < -0.3 is 20.8 Å². The third kappa shape index (κ3) is 5.49. The first kappa shape index (κ1) is 21.1. The van der Waals surface area contributed by atoms with Crippen molar-refractivity contribution in [3.8, 4) is 11.5 Å². The van der Waals surface area contributed by atoms with E-state index >= 15 is 0 Å². The van der Waals surface area contributed by atoms with E-state index < -0.39 is 0 Å². The topological polar surface area (TPSA) is 128 Å². The van der Waals surface area contributed by atoms with Crippen LogP contribution in [0.5, 0.6) is 11.5 Å². The van der Waals surface area contributed by atoms with Crippen molar-refractivity contribution in [1.82, 2.24) is 15.0 Å². The highest BCUT2D eigenvalue weighted by molar-refractivity contribution is 9.10. The first-order valence-electron chi connectivity index (χ1n) is 9.47. The summed E-state index contributed by atoms with van der Waals surface area (Å²) in [5.41, 5.74) is 4.77. The summed E-state index contributed by atoms with van der Waals surface area (Å²) in [6.45, 7) is 0. The molecule has 0 saturated heterocycles. The molecule has 0 radical (unpaired) electrons. The van der Waals surface area contributed by atoms with Crippen LogP contribution >= 0.6 is 15.9 Å². The second-order valence-corrected chi connectivity index (χ2v) is 7.38. The molecule has 0 aliphatic rings. The second kappa shape index (κ2) is 9.75. The van der Waals surface area contributed by atoms with E-state index in [9.17, 15) is 10.2 Å². The van der Waals surface area contributed by atoms with Gasteiger partial charge in [0.25, 0.3) is 0 Å². The Morgan fingerprint density at radius 2 is 1.25 bits per heavy atom. The molecule has 4 rings (SSSR count). The molecule has 0 atom stereocenters. The van der Waals surface area contributed by atoms with Crippen molar-refractivity contribution in [3.63, 3.8) is 0 Å².